The fraction of sp³-hybridized carbons (Fsp3) is 0.636. The largest absolute Gasteiger partial charge is 0.341 e. The molecule has 4 nitrogen and oxygen atoms in total. The molecule has 1 aromatic rings. The summed E-state index contributed by atoms with van der Waals surface area (Å²) in [4.78, 5) is 17.9. The number of piperidine rings is 1. The second-order valence-electron chi connectivity index (χ2n) is 4.21. The molecule has 1 unspecified atom stereocenters. The Hall–Kier alpha value is -0.940. The first-order valence-corrected chi connectivity index (χ1v) is 6.48. The van der Waals surface area contributed by atoms with E-state index in [4.69, 9.17) is 5.73 Å². The van der Waals surface area contributed by atoms with Gasteiger partial charge in [-0.3, -0.25) is 4.79 Å². The molecule has 1 fully saturated rings. The van der Waals surface area contributed by atoms with Crippen LogP contribution in [0.2, 0.25) is 0 Å². The second-order valence-corrected chi connectivity index (χ2v) is 5.10. The molecule has 0 spiro atoms. The van der Waals surface area contributed by atoms with Gasteiger partial charge >= 0.3 is 0 Å². The lowest BCUT2D eigenvalue weighted by Crippen LogP contribution is -2.42. The number of aromatic nitrogens is 1. The summed E-state index contributed by atoms with van der Waals surface area (Å²) in [6, 6.07) is 0. The Kier molecular flexibility index (Phi) is 3.56. The number of hydrogen-bond acceptors (Lipinski definition) is 4. The lowest BCUT2D eigenvalue weighted by atomic mass is 9.98. The molecule has 0 bridgehead atoms. The van der Waals surface area contributed by atoms with Crippen molar-refractivity contribution in [3.05, 3.63) is 16.1 Å². The summed E-state index contributed by atoms with van der Waals surface area (Å²) in [5.74, 6) is 0.459. The molecular weight excluding hydrogens is 222 g/mol. The molecule has 16 heavy (non-hydrogen) atoms. The molecule has 1 aromatic heterocycles. The third-order valence-corrected chi connectivity index (χ3v) is 4.06. The molecule has 2 heterocycles. The molecule has 0 saturated carbocycles. The van der Waals surface area contributed by atoms with Gasteiger partial charge in [0.2, 0.25) is 5.91 Å². The fourth-order valence-electron chi connectivity index (χ4n) is 2.09. The normalized spacial score (nSPS) is 21.1. The molecule has 0 aliphatic carbocycles. The van der Waals surface area contributed by atoms with Gasteiger partial charge in [-0.15, -0.1) is 11.3 Å². The lowest BCUT2D eigenvalue weighted by Gasteiger charge is -2.31. The van der Waals surface area contributed by atoms with Crippen molar-refractivity contribution in [3.8, 4) is 0 Å². The number of thiazole rings is 1. The van der Waals surface area contributed by atoms with E-state index in [1.54, 1.807) is 11.3 Å². The number of carbonyl (C=O) groups excluding carboxylic acids is 1. The fourth-order valence-corrected chi connectivity index (χ4v) is 3.02. The number of rotatable bonds is 2. The molecule has 0 radical (unpaired) electrons. The van der Waals surface area contributed by atoms with Crippen molar-refractivity contribution < 1.29 is 4.79 Å². The van der Waals surface area contributed by atoms with Crippen molar-refractivity contribution in [2.45, 2.75) is 25.7 Å². The van der Waals surface area contributed by atoms with E-state index in [2.05, 4.69) is 10.4 Å². The number of nitrogens with zero attached hydrogens (tertiary/aromatic N) is 2. The average Bonchev–Trinajstić information content (AvgIpc) is 2.75. The molecule has 5 heteroatoms. The molecular formula is C11H17N3OS. The monoisotopic (exact) mass is 239 g/mol. The van der Waals surface area contributed by atoms with E-state index in [0.29, 0.717) is 5.92 Å². The van der Waals surface area contributed by atoms with Crippen LogP contribution in [-0.2, 0) is 4.79 Å². The van der Waals surface area contributed by atoms with Crippen LogP contribution in [0.1, 0.15) is 29.5 Å². The van der Waals surface area contributed by atoms with Crippen molar-refractivity contribution in [2.24, 2.45) is 5.73 Å². The summed E-state index contributed by atoms with van der Waals surface area (Å²) in [6.45, 7) is 3.75. The van der Waals surface area contributed by atoms with Crippen LogP contribution in [0.15, 0.2) is 5.38 Å². The summed E-state index contributed by atoms with van der Waals surface area (Å²) in [7, 11) is 0. The highest BCUT2D eigenvalue weighted by atomic mass is 32.1. The number of carbonyl (C=O) groups is 1. The van der Waals surface area contributed by atoms with E-state index < -0.39 is 0 Å². The van der Waals surface area contributed by atoms with Gasteiger partial charge in [0.1, 0.15) is 0 Å². The van der Waals surface area contributed by atoms with Crippen LogP contribution >= 0.6 is 11.3 Å². The summed E-state index contributed by atoms with van der Waals surface area (Å²) < 4.78 is 0. The molecule has 1 atom stereocenters. The number of nitrogens with two attached hydrogens (primary N) is 1. The Bertz CT molecular complexity index is 377. The Morgan fingerprint density at radius 1 is 1.75 bits per heavy atom. The van der Waals surface area contributed by atoms with Gasteiger partial charge in [0, 0.05) is 30.1 Å². The Morgan fingerprint density at radius 2 is 2.56 bits per heavy atom. The van der Waals surface area contributed by atoms with Crippen molar-refractivity contribution in [1.82, 2.24) is 9.88 Å². The van der Waals surface area contributed by atoms with E-state index in [1.807, 2.05) is 11.8 Å². The number of likely N-dealkylation sites (tertiary alicyclic amines) is 1. The van der Waals surface area contributed by atoms with Crippen LogP contribution in [0.5, 0.6) is 0 Å². The minimum absolute atomic E-state index is 0.0537. The third-order valence-electron chi connectivity index (χ3n) is 2.93. The molecule has 1 aliphatic heterocycles. The van der Waals surface area contributed by atoms with E-state index in [1.165, 1.54) is 0 Å². The first-order chi connectivity index (χ1) is 7.70. The zero-order chi connectivity index (χ0) is 11.5. The van der Waals surface area contributed by atoms with E-state index in [9.17, 15) is 4.79 Å². The van der Waals surface area contributed by atoms with Gasteiger partial charge in [0.05, 0.1) is 11.6 Å². The van der Waals surface area contributed by atoms with Gasteiger partial charge in [-0.05, 0) is 19.8 Å². The predicted molar refractivity (Wildman–Crippen MR) is 64.5 cm³/mol. The molecule has 2 N–H and O–H groups in total. The topological polar surface area (TPSA) is 59.2 Å². The van der Waals surface area contributed by atoms with Crippen LogP contribution in [0.25, 0.3) is 0 Å². The third kappa shape index (κ3) is 2.41. The van der Waals surface area contributed by atoms with Crippen molar-refractivity contribution in [1.29, 1.82) is 0 Å². The van der Waals surface area contributed by atoms with Gasteiger partial charge in [-0.2, -0.15) is 0 Å². The van der Waals surface area contributed by atoms with Crippen LogP contribution in [0.3, 0.4) is 0 Å². The Labute approximate surface area is 99.5 Å². The van der Waals surface area contributed by atoms with Crippen molar-refractivity contribution in [2.75, 3.05) is 19.6 Å². The zero-order valence-corrected chi connectivity index (χ0v) is 10.3. The first kappa shape index (κ1) is 11.5. The van der Waals surface area contributed by atoms with Crippen LogP contribution in [0, 0.1) is 6.92 Å². The molecule has 1 aliphatic rings. The number of hydrogen-bond donors (Lipinski definition) is 1. The van der Waals surface area contributed by atoms with Crippen LogP contribution < -0.4 is 5.73 Å². The van der Waals surface area contributed by atoms with E-state index >= 15 is 0 Å². The second kappa shape index (κ2) is 4.93. The minimum atomic E-state index is 0.0537. The van der Waals surface area contributed by atoms with Crippen LogP contribution in [-0.4, -0.2) is 35.4 Å². The maximum absolute atomic E-state index is 11.5. The average molecular weight is 239 g/mol. The van der Waals surface area contributed by atoms with Gasteiger partial charge in [-0.25, -0.2) is 4.98 Å². The maximum Gasteiger partial charge on any atom is 0.236 e. The molecule has 2 rings (SSSR count). The van der Waals surface area contributed by atoms with Gasteiger partial charge in [-0.1, -0.05) is 0 Å². The maximum atomic E-state index is 11.5. The standard InChI is InChI=1S/C11H17N3OS/c1-8-7-16-11(13-8)9-3-2-4-14(6-9)10(15)5-12/h7,9H,2-6,12H2,1H3. The van der Waals surface area contributed by atoms with Crippen molar-refractivity contribution >= 4 is 17.2 Å². The van der Waals surface area contributed by atoms with Gasteiger partial charge in [0.25, 0.3) is 0 Å². The number of aryl methyl sites for hydroxylation is 1. The Morgan fingerprint density at radius 3 is 3.19 bits per heavy atom. The Balaban J connectivity index is 2.04. The highest BCUT2D eigenvalue weighted by Crippen LogP contribution is 2.28. The van der Waals surface area contributed by atoms with Gasteiger partial charge < -0.3 is 10.6 Å². The minimum Gasteiger partial charge on any atom is -0.341 e. The molecule has 1 amide bonds. The SMILES string of the molecule is Cc1csc(C2CCCN(C(=O)CN)C2)n1. The summed E-state index contributed by atoms with van der Waals surface area (Å²) in [6.07, 6.45) is 2.18. The smallest absolute Gasteiger partial charge is 0.236 e. The highest BCUT2D eigenvalue weighted by Gasteiger charge is 2.25. The molecule has 88 valence electrons. The molecule has 0 aromatic carbocycles. The van der Waals surface area contributed by atoms with Crippen LogP contribution in [0.4, 0.5) is 0 Å². The summed E-state index contributed by atoms with van der Waals surface area (Å²) >= 11 is 1.70. The lowest BCUT2D eigenvalue weighted by molar-refractivity contribution is -0.130. The van der Waals surface area contributed by atoms with Crippen molar-refractivity contribution in [3.63, 3.8) is 0 Å². The van der Waals surface area contributed by atoms with E-state index in [0.717, 1.165) is 36.6 Å². The predicted octanol–water partition coefficient (Wildman–Crippen LogP) is 1.12. The number of amides is 1. The first-order valence-electron chi connectivity index (χ1n) is 5.60. The summed E-state index contributed by atoms with van der Waals surface area (Å²) in [5.41, 5.74) is 6.46. The zero-order valence-electron chi connectivity index (χ0n) is 9.48. The highest BCUT2D eigenvalue weighted by molar-refractivity contribution is 7.09. The van der Waals surface area contributed by atoms with Gasteiger partial charge in [0.15, 0.2) is 0 Å². The quantitative estimate of drug-likeness (QED) is 0.841. The summed E-state index contributed by atoms with van der Waals surface area (Å²) in [5, 5.41) is 3.23. The van der Waals surface area contributed by atoms with E-state index in [-0.39, 0.29) is 12.5 Å². The molecule has 1 saturated heterocycles.